The Hall–Kier alpha value is -1.13. The van der Waals surface area contributed by atoms with Crippen molar-refractivity contribution in [2.45, 2.75) is 12.8 Å². The van der Waals surface area contributed by atoms with E-state index >= 15 is 0 Å². The fraction of sp³-hybridized carbons (Fsp3) is 0.538. The van der Waals surface area contributed by atoms with Crippen molar-refractivity contribution in [2.24, 2.45) is 11.1 Å². The minimum Gasteiger partial charge on any atom is -0.494 e. The van der Waals surface area contributed by atoms with Crippen LogP contribution in [0.15, 0.2) is 18.2 Å². The zero-order valence-corrected chi connectivity index (χ0v) is 10.0. The van der Waals surface area contributed by atoms with E-state index in [1.54, 1.807) is 18.2 Å². The minimum absolute atomic E-state index is 0.118. The third-order valence-electron chi connectivity index (χ3n) is 3.45. The molecule has 0 amide bonds. The van der Waals surface area contributed by atoms with Crippen LogP contribution in [0.3, 0.4) is 0 Å². The molecule has 4 heteroatoms. The van der Waals surface area contributed by atoms with Gasteiger partial charge in [0, 0.05) is 18.6 Å². The monoisotopic (exact) mass is 239 g/mol. The fourth-order valence-corrected chi connectivity index (χ4v) is 2.28. The topological polar surface area (TPSA) is 44.5 Å². The molecule has 0 bridgehead atoms. The van der Waals surface area contributed by atoms with E-state index in [1.165, 1.54) is 7.11 Å². The van der Waals surface area contributed by atoms with Gasteiger partial charge >= 0.3 is 0 Å². The van der Waals surface area contributed by atoms with Crippen molar-refractivity contribution < 1.29 is 13.9 Å². The van der Waals surface area contributed by atoms with E-state index in [0.717, 1.165) is 6.42 Å². The molecule has 2 rings (SSSR count). The second kappa shape index (κ2) is 5.02. The number of halogens is 1. The SMILES string of the molecule is COc1cccc(CC2(CN)CCOC2)c1F. The summed E-state index contributed by atoms with van der Waals surface area (Å²) in [5.74, 6) is 0.00307. The van der Waals surface area contributed by atoms with Crippen LogP contribution < -0.4 is 10.5 Å². The van der Waals surface area contributed by atoms with Crippen LogP contribution in [-0.2, 0) is 11.2 Å². The molecule has 0 spiro atoms. The molecule has 0 radical (unpaired) electrons. The molecule has 1 atom stereocenters. The highest BCUT2D eigenvalue weighted by Gasteiger charge is 2.34. The van der Waals surface area contributed by atoms with Crippen LogP contribution >= 0.6 is 0 Å². The first kappa shape index (κ1) is 12.3. The van der Waals surface area contributed by atoms with Gasteiger partial charge in [0.1, 0.15) is 0 Å². The second-order valence-electron chi connectivity index (χ2n) is 4.62. The quantitative estimate of drug-likeness (QED) is 0.870. The molecule has 1 aliphatic rings. The molecule has 1 saturated heterocycles. The number of hydrogen-bond donors (Lipinski definition) is 1. The Kier molecular flexibility index (Phi) is 3.64. The maximum atomic E-state index is 14.0. The van der Waals surface area contributed by atoms with Crippen LogP contribution in [0.1, 0.15) is 12.0 Å². The van der Waals surface area contributed by atoms with Crippen LogP contribution in [0.5, 0.6) is 5.75 Å². The predicted molar refractivity (Wildman–Crippen MR) is 63.6 cm³/mol. The highest BCUT2D eigenvalue weighted by Crippen LogP contribution is 2.33. The first-order valence-electron chi connectivity index (χ1n) is 5.80. The van der Waals surface area contributed by atoms with Gasteiger partial charge in [-0.2, -0.15) is 0 Å². The molecule has 1 fully saturated rings. The number of nitrogens with two attached hydrogens (primary N) is 1. The van der Waals surface area contributed by atoms with Crippen LogP contribution in [0.2, 0.25) is 0 Å². The summed E-state index contributed by atoms with van der Waals surface area (Å²) in [7, 11) is 1.47. The van der Waals surface area contributed by atoms with Gasteiger partial charge in [-0.25, -0.2) is 4.39 Å². The number of hydrogen-bond acceptors (Lipinski definition) is 3. The van der Waals surface area contributed by atoms with Crippen molar-refractivity contribution in [3.05, 3.63) is 29.6 Å². The first-order valence-corrected chi connectivity index (χ1v) is 5.80. The highest BCUT2D eigenvalue weighted by molar-refractivity contribution is 5.32. The number of methoxy groups -OCH3 is 1. The van der Waals surface area contributed by atoms with E-state index in [-0.39, 0.29) is 17.0 Å². The number of benzene rings is 1. The van der Waals surface area contributed by atoms with E-state index in [0.29, 0.717) is 31.7 Å². The van der Waals surface area contributed by atoms with Gasteiger partial charge in [0.15, 0.2) is 11.6 Å². The van der Waals surface area contributed by atoms with Crippen molar-refractivity contribution in [1.29, 1.82) is 0 Å². The maximum Gasteiger partial charge on any atom is 0.168 e. The summed E-state index contributed by atoms with van der Waals surface area (Å²) in [6.07, 6.45) is 1.49. The van der Waals surface area contributed by atoms with E-state index in [2.05, 4.69) is 0 Å². The van der Waals surface area contributed by atoms with Gasteiger partial charge in [-0.3, -0.25) is 0 Å². The highest BCUT2D eigenvalue weighted by atomic mass is 19.1. The van der Waals surface area contributed by atoms with Crippen molar-refractivity contribution in [3.63, 3.8) is 0 Å². The molecule has 17 heavy (non-hydrogen) atoms. The first-order chi connectivity index (χ1) is 8.21. The largest absolute Gasteiger partial charge is 0.494 e. The Bertz CT molecular complexity index is 389. The molecule has 94 valence electrons. The number of rotatable bonds is 4. The average molecular weight is 239 g/mol. The van der Waals surface area contributed by atoms with Crippen molar-refractivity contribution in [2.75, 3.05) is 26.9 Å². The van der Waals surface area contributed by atoms with Gasteiger partial charge < -0.3 is 15.2 Å². The Morgan fingerprint density at radius 2 is 2.35 bits per heavy atom. The lowest BCUT2D eigenvalue weighted by Gasteiger charge is -2.25. The summed E-state index contributed by atoms with van der Waals surface area (Å²) < 4.78 is 24.4. The standard InChI is InChI=1S/C13H18FNO2/c1-16-11-4-2-3-10(12(11)14)7-13(8-15)5-6-17-9-13/h2-4H,5-9,15H2,1H3. The van der Waals surface area contributed by atoms with Crippen LogP contribution in [0.4, 0.5) is 4.39 Å². The molecule has 2 N–H and O–H groups in total. The Morgan fingerprint density at radius 3 is 2.94 bits per heavy atom. The predicted octanol–water partition coefficient (Wildman–Crippen LogP) is 1.74. The van der Waals surface area contributed by atoms with Crippen LogP contribution in [0.25, 0.3) is 0 Å². The summed E-state index contributed by atoms with van der Waals surface area (Å²) in [6.45, 7) is 1.84. The van der Waals surface area contributed by atoms with Gasteiger partial charge in [0.2, 0.25) is 0 Å². The zero-order valence-electron chi connectivity index (χ0n) is 10.0. The van der Waals surface area contributed by atoms with Crippen LogP contribution in [-0.4, -0.2) is 26.9 Å². The second-order valence-corrected chi connectivity index (χ2v) is 4.62. The Labute approximate surface area is 101 Å². The van der Waals surface area contributed by atoms with Gasteiger partial charge in [-0.05, 0) is 24.5 Å². The maximum absolute atomic E-state index is 14.0. The molecule has 0 saturated carbocycles. The lowest BCUT2D eigenvalue weighted by molar-refractivity contribution is 0.154. The normalized spacial score (nSPS) is 23.9. The third kappa shape index (κ3) is 2.42. The Morgan fingerprint density at radius 1 is 1.53 bits per heavy atom. The zero-order chi connectivity index (χ0) is 12.3. The molecule has 3 nitrogen and oxygen atoms in total. The van der Waals surface area contributed by atoms with Crippen LogP contribution in [0, 0.1) is 11.2 Å². The third-order valence-corrected chi connectivity index (χ3v) is 3.45. The summed E-state index contributed by atoms with van der Waals surface area (Å²) in [4.78, 5) is 0. The van der Waals surface area contributed by atoms with Gasteiger partial charge in [0.05, 0.1) is 13.7 Å². The lowest BCUT2D eigenvalue weighted by Crippen LogP contribution is -2.33. The summed E-state index contributed by atoms with van der Waals surface area (Å²) in [6, 6.07) is 5.21. The Balaban J connectivity index is 2.23. The number of ether oxygens (including phenoxy) is 2. The summed E-state index contributed by atoms with van der Waals surface area (Å²) in [5, 5.41) is 0. The van der Waals surface area contributed by atoms with E-state index in [1.807, 2.05) is 0 Å². The lowest BCUT2D eigenvalue weighted by atomic mass is 9.81. The smallest absolute Gasteiger partial charge is 0.168 e. The molecule has 0 aliphatic carbocycles. The fourth-order valence-electron chi connectivity index (χ4n) is 2.28. The molecule has 1 unspecified atom stereocenters. The minimum atomic E-state index is -0.283. The molecule has 1 aromatic carbocycles. The summed E-state index contributed by atoms with van der Waals surface area (Å²) in [5.41, 5.74) is 6.34. The van der Waals surface area contributed by atoms with E-state index in [9.17, 15) is 4.39 Å². The molecular weight excluding hydrogens is 221 g/mol. The molecular formula is C13H18FNO2. The van der Waals surface area contributed by atoms with Gasteiger partial charge in [-0.1, -0.05) is 12.1 Å². The molecule has 1 heterocycles. The van der Waals surface area contributed by atoms with Crippen molar-refractivity contribution in [3.8, 4) is 5.75 Å². The van der Waals surface area contributed by atoms with E-state index < -0.39 is 0 Å². The van der Waals surface area contributed by atoms with Crippen molar-refractivity contribution in [1.82, 2.24) is 0 Å². The summed E-state index contributed by atoms with van der Waals surface area (Å²) >= 11 is 0. The van der Waals surface area contributed by atoms with Gasteiger partial charge in [0.25, 0.3) is 0 Å². The van der Waals surface area contributed by atoms with E-state index in [4.69, 9.17) is 15.2 Å². The molecule has 1 aliphatic heterocycles. The molecule has 0 aromatic heterocycles. The van der Waals surface area contributed by atoms with Crippen molar-refractivity contribution >= 4 is 0 Å². The molecule has 1 aromatic rings. The van der Waals surface area contributed by atoms with Gasteiger partial charge in [-0.15, -0.1) is 0 Å². The average Bonchev–Trinajstić information content (AvgIpc) is 2.81.